The molecule has 0 aliphatic heterocycles. The summed E-state index contributed by atoms with van der Waals surface area (Å²) < 4.78 is 0. The van der Waals surface area contributed by atoms with Crippen LogP contribution in [-0.2, 0) is 4.79 Å². The molecule has 0 aromatic carbocycles. The Bertz CT molecular complexity index is 181. The lowest BCUT2D eigenvalue weighted by molar-refractivity contribution is -0.111. The Kier molecular flexibility index (Phi) is 2.64. The Morgan fingerprint density at radius 3 is 2.73 bits per heavy atom. The van der Waals surface area contributed by atoms with Crippen molar-refractivity contribution in [3.63, 3.8) is 0 Å². The summed E-state index contributed by atoms with van der Waals surface area (Å²) in [6.45, 7) is 7.53. The highest BCUT2D eigenvalue weighted by Crippen LogP contribution is 2.34. The van der Waals surface area contributed by atoms with Crippen LogP contribution >= 0.6 is 0 Å². The molecular weight excluding hydrogens is 136 g/mol. The lowest BCUT2D eigenvalue weighted by Gasteiger charge is -2.13. The first kappa shape index (κ1) is 8.25. The third-order valence-electron chi connectivity index (χ3n) is 2.48. The summed E-state index contributed by atoms with van der Waals surface area (Å²) in [5, 5.41) is 0. The molecule has 1 saturated carbocycles. The van der Waals surface area contributed by atoms with Crippen molar-refractivity contribution in [1.82, 2.24) is 0 Å². The minimum atomic E-state index is 0.209. The lowest BCUT2D eigenvalue weighted by Crippen LogP contribution is -2.09. The van der Waals surface area contributed by atoms with E-state index in [2.05, 4.69) is 13.2 Å². The molecule has 1 aliphatic rings. The van der Waals surface area contributed by atoms with Gasteiger partial charge >= 0.3 is 0 Å². The van der Waals surface area contributed by atoms with E-state index >= 15 is 0 Å². The van der Waals surface area contributed by atoms with Gasteiger partial charge in [0, 0.05) is 5.92 Å². The first-order valence-corrected chi connectivity index (χ1v) is 4.06. The fourth-order valence-electron chi connectivity index (χ4n) is 1.76. The largest absolute Gasteiger partial charge is 0.303 e. The standard InChI is InChI=1S/C10H14O/c1-3-8(2)10-6-4-5-9(10)7-11/h3,7,9-10H,1-2,4-6H2/t9-,10+/m0/s1. The summed E-state index contributed by atoms with van der Waals surface area (Å²) in [5.41, 5.74) is 1.03. The molecule has 0 aromatic rings. The van der Waals surface area contributed by atoms with Crippen LogP contribution in [0, 0.1) is 11.8 Å². The van der Waals surface area contributed by atoms with Crippen LogP contribution < -0.4 is 0 Å². The highest BCUT2D eigenvalue weighted by atomic mass is 16.1. The molecule has 0 amide bonds. The molecule has 0 heterocycles. The molecule has 1 fully saturated rings. The Balaban J connectivity index is 2.62. The van der Waals surface area contributed by atoms with Gasteiger partial charge in [0.1, 0.15) is 6.29 Å². The van der Waals surface area contributed by atoms with E-state index in [1.165, 1.54) is 0 Å². The molecule has 1 aliphatic carbocycles. The Labute approximate surface area is 67.8 Å². The van der Waals surface area contributed by atoms with Crippen molar-refractivity contribution in [2.24, 2.45) is 11.8 Å². The van der Waals surface area contributed by atoms with Crippen LogP contribution in [0.5, 0.6) is 0 Å². The average Bonchev–Trinajstić information content (AvgIpc) is 2.50. The smallest absolute Gasteiger partial charge is 0.123 e. The molecule has 1 heteroatoms. The summed E-state index contributed by atoms with van der Waals surface area (Å²) >= 11 is 0. The lowest BCUT2D eigenvalue weighted by atomic mass is 9.91. The summed E-state index contributed by atoms with van der Waals surface area (Å²) in [4.78, 5) is 10.6. The van der Waals surface area contributed by atoms with Crippen LogP contribution in [0.4, 0.5) is 0 Å². The molecule has 0 saturated heterocycles. The normalized spacial score (nSPS) is 29.8. The molecule has 0 N–H and O–H groups in total. The van der Waals surface area contributed by atoms with Crippen molar-refractivity contribution in [2.45, 2.75) is 19.3 Å². The number of allylic oxidation sites excluding steroid dienone is 2. The zero-order valence-electron chi connectivity index (χ0n) is 6.75. The molecular formula is C10H14O. The number of hydrogen-bond acceptors (Lipinski definition) is 1. The third-order valence-corrected chi connectivity index (χ3v) is 2.48. The van der Waals surface area contributed by atoms with Crippen molar-refractivity contribution >= 4 is 6.29 Å². The quantitative estimate of drug-likeness (QED) is 0.446. The van der Waals surface area contributed by atoms with Gasteiger partial charge in [-0.15, -0.1) is 0 Å². The molecule has 0 bridgehead atoms. The van der Waals surface area contributed by atoms with Crippen LogP contribution in [0.3, 0.4) is 0 Å². The molecule has 0 aromatic heterocycles. The van der Waals surface area contributed by atoms with Gasteiger partial charge in [-0.2, -0.15) is 0 Å². The van der Waals surface area contributed by atoms with E-state index in [1.807, 2.05) is 0 Å². The number of aldehydes is 1. The molecule has 1 nitrogen and oxygen atoms in total. The minimum absolute atomic E-state index is 0.209. The summed E-state index contributed by atoms with van der Waals surface area (Å²) in [7, 11) is 0. The van der Waals surface area contributed by atoms with Crippen LogP contribution in [0.15, 0.2) is 24.8 Å². The predicted octanol–water partition coefficient (Wildman–Crippen LogP) is 2.34. The van der Waals surface area contributed by atoms with Gasteiger partial charge < -0.3 is 4.79 Å². The molecule has 0 spiro atoms. The predicted molar refractivity (Wildman–Crippen MR) is 46.2 cm³/mol. The highest BCUT2D eigenvalue weighted by molar-refractivity contribution is 5.56. The Morgan fingerprint density at radius 2 is 2.18 bits per heavy atom. The second-order valence-corrected chi connectivity index (χ2v) is 3.12. The summed E-state index contributed by atoms with van der Waals surface area (Å²) in [6.07, 6.45) is 6.12. The van der Waals surface area contributed by atoms with Crippen molar-refractivity contribution in [2.75, 3.05) is 0 Å². The van der Waals surface area contributed by atoms with E-state index in [4.69, 9.17) is 0 Å². The number of carbonyl (C=O) groups is 1. The van der Waals surface area contributed by atoms with Crippen molar-refractivity contribution in [3.8, 4) is 0 Å². The summed E-state index contributed by atoms with van der Waals surface area (Å²) in [6, 6.07) is 0. The number of rotatable bonds is 3. The molecule has 0 unspecified atom stereocenters. The van der Waals surface area contributed by atoms with Gasteiger partial charge in [0.25, 0.3) is 0 Å². The molecule has 2 atom stereocenters. The second-order valence-electron chi connectivity index (χ2n) is 3.12. The fraction of sp³-hybridized carbons (Fsp3) is 0.500. The first-order valence-electron chi connectivity index (χ1n) is 4.06. The maximum absolute atomic E-state index is 10.6. The van der Waals surface area contributed by atoms with Gasteiger partial charge in [-0.05, 0) is 18.8 Å². The first-order chi connectivity index (χ1) is 5.29. The van der Waals surface area contributed by atoms with E-state index < -0.39 is 0 Å². The second kappa shape index (κ2) is 3.51. The Morgan fingerprint density at radius 1 is 1.45 bits per heavy atom. The zero-order valence-corrected chi connectivity index (χ0v) is 6.75. The summed E-state index contributed by atoms with van der Waals surface area (Å²) in [5.74, 6) is 0.588. The van der Waals surface area contributed by atoms with E-state index in [0.29, 0.717) is 5.92 Å². The van der Waals surface area contributed by atoms with Gasteiger partial charge in [0.15, 0.2) is 0 Å². The van der Waals surface area contributed by atoms with Crippen LogP contribution in [-0.4, -0.2) is 6.29 Å². The van der Waals surface area contributed by atoms with E-state index in [-0.39, 0.29) is 5.92 Å². The maximum atomic E-state index is 10.6. The highest BCUT2D eigenvalue weighted by Gasteiger charge is 2.27. The Hall–Kier alpha value is -0.850. The van der Waals surface area contributed by atoms with Gasteiger partial charge in [0.05, 0.1) is 0 Å². The number of carbonyl (C=O) groups excluding carboxylic acids is 1. The van der Waals surface area contributed by atoms with E-state index in [9.17, 15) is 4.79 Å². The zero-order chi connectivity index (χ0) is 8.27. The SMILES string of the molecule is C=CC(=C)[C@H]1CCC[C@H]1C=O. The topological polar surface area (TPSA) is 17.1 Å². The van der Waals surface area contributed by atoms with Crippen LogP contribution in [0.25, 0.3) is 0 Å². The molecule has 0 radical (unpaired) electrons. The van der Waals surface area contributed by atoms with E-state index in [1.54, 1.807) is 6.08 Å². The maximum Gasteiger partial charge on any atom is 0.123 e. The number of hydrogen-bond donors (Lipinski definition) is 0. The van der Waals surface area contributed by atoms with Gasteiger partial charge in [-0.3, -0.25) is 0 Å². The van der Waals surface area contributed by atoms with Crippen molar-refractivity contribution in [3.05, 3.63) is 24.8 Å². The molecule has 11 heavy (non-hydrogen) atoms. The monoisotopic (exact) mass is 150 g/mol. The van der Waals surface area contributed by atoms with Gasteiger partial charge in [-0.1, -0.05) is 31.2 Å². The van der Waals surface area contributed by atoms with E-state index in [0.717, 1.165) is 31.1 Å². The van der Waals surface area contributed by atoms with Crippen molar-refractivity contribution < 1.29 is 4.79 Å². The third kappa shape index (κ3) is 1.59. The fourth-order valence-corrected chi connectivity index (χ4v) is 1.76. The van der Waals surface area contributed by atoms with Gasteiger partial charge in [-0.25, -0.2) is 0 Å². The minimum Gasteiger partial charge on any atom is -0.303 e. The average molecular weight is 150 g/mol. The van der Waals surface area contributed by atoms with Gasteiger partial charge in [0.2, 0.25) is 0 Å². The molecule has 1 rings (SSSR count). The van der Waals surface area contributed by atoms with Crippen molar-refractivity contribution in [1.29, 1.82) is 0 Å². The van der Waals surface area contributed by atoms with Crippen LogP contribution in [0.2, 0.25) is 0 Å². The molecule has 60 valence electrons. The van der Waals surface area contributed by atoms with Crippen LogP contribution in [0.1, 0.15) is 19.3 Å².